The van der Waals surface area contributed by atoms with Gasteiger partial charge in [0, 0.05) is 12.2 Å². The summed E-state index contributed by atoms with van der Waals surface area (Å²) in [6.45, 7) is 4.63. The molecule has 1 aromatic rings. The van der Waals surface area contributed by atoms with E-state index in [4.69, 9.17) is 10.0 Å². The van der Waals surface area contributed by atoms with Crippen LogP contribution in [-0.2, 0) is 0 Å². The Labute approximate surface area is 101 Å². The lowest BCUT2D eigenvalue weighted by Crippen LogP contribution is -2.32. The molecule has 0 aromatic heterocycles. The summed E-state index contributed by atoms with van der Waals surface area (Å²) in [4.78, 5) is 11.4. The van der Waals surface area contributed by atoms with Gasteiger partial charge in [-0.1, -0.05) is 26.0 Å². The van der Waals surface area contributed by atoms with Gasteiger partial charge in [-0.2, -0.15) is 0 Å². The molecule has 0 unspecified atom stereocenters. The number of benzene rings is 1. The number of rotatable bonds is 4. The van der Waals surface area contributed by atoms with Crippen molar-refractivity contribution in [2.75, 3.05) is 11.9 Å². The first-order chi connectivity index (χ1) is 7.99. The largest absolute Gasteiger partial charge is 0.488 e. The monoisotopic (exact) mass is 236 g/mol. The molecule has 92 valence electrons. The summed E-state index contributed by atoms with van der Waals surface area (Å²) < 4.78 is 0. The zero-order chi connectivity index (χ0) is 12.8. The Balaban J connectivity index is 2.48. The molecule has 2 amide bonds. The molecule has 1 rings (SSSR count). The van der Waals surface area contributed by atoms with Crippen LogP contribution in [0.3, 0.4) is 0 Å². The van der Waals surface area contributed by atoms with E-state index in [0.29, 0.717) is 23.6 Å². The van der Waals surface area contributed by atoms with Gasteiger partial charge in [-0.15, -0.1) is 0 Å². The van der Waals surface area contributed by atoms with Crippen LogP contribution in [0.2, 0.25) is 0 Å². The van der Waals surface area contributed by atoms with Gasteiger partial charge < -0.3 is 20.7 Å². The summed E-state index contributed by atoms with van der Waals surface area (Å²) >= 11 is 0. The third-order valence-electron chi connectivity index (χ3n) is 2.14. The fourth-order valence-corrected chi connectivity index (χ4v) is 1.21. The highest BCUT2D eigenvalue weighted by Gasteiger charge is 2.10. The van der Waals surface area contributed by atoms with Crippen LogP contribution in [0.5, 0.6) is 0 Å². The van der Waals surface area contributed by atoms with Crippen LogP contribution in [0.25, 0.3) is 0 Å². The Hall–Kier alpha value is -1.53. The van der Waals surface area contributed by atoms with E-state index < -0.39 is 7.12 Å². The minimum absolute atomic E-state index is 0.268. The van der Waals surface area contributed by atoms with Crippen molar-refractivity contribution in [1.29, 1.82) is 0 Å². The number of hydrogen-bond donors (Lipinski definition) is 4. The first-order valence-corrected chi connectivity index (χ1v) is 5.50. The lowest BCUT2D eigenvalue weighted by molar-refractivity contribution is 0.251. The van der Waals surface area contributed by atoms with Crippen molar-refractivity contribution in [3.8, 4) is 0 Å². The second-order valence-electron chi connectivity index (χ2n) is 4.22. The second kappa shape index (κ2) is 6.27. The maximum absolute atomic E-state index is 11.4. The molecule has 1 aromatic carbocycles. The van der Waals surface area contributed by atoms with E-state index in [9.17, 15) is 4.79 Å². The number of nitrogens with one attached hydrogen (secondary N) is 2. The van der Waals surface area contributed by atoms with Crippen LogP contribution in [0, 0.1) is 5.92 Å². The van der Waals surface area contributed by atoms with Gasteiger partial charge in [-0.3, -0.25) is 0 Å². The van der Waals surface area contributed by atoms with Crippen LogP contribution in [0.4, 0.5) is 10.5 Å². The molecule has 0 bridgehead atoms. The van der Waals surface area contributed by atoms with Crippen molar-refractivity contribution in [2.45, 2.75) is 13.8 Å². The Morgan fingerprint density at radius 2 is 1.88 bits per heavy atom. The number of urea groups is 1. The van der Waals surface area contributed by atoms with Gasteiger partial charge in [0.1, 0.15) is 0 Å². The van der Waals surface area contributed by atoms with Crippen molar-refractivity contribution in [2.24, 2.45) is 5.92 Å². The summed E-state index contributed by atoms with van der Waals surface area (Å²) in [5.41, 5.74) is 0.994. The van der Waals surface area contributed by atoms with Gasteiger partial charge in [0.25, 0.3) is 0 Å². The molecule has 0 aliphatic rings. The van der Waals surface area contributed by atoms with Gasteiger partial charge in [0.2, 0.25) is 0 Å². The summed E-state index contributed by atoms with van der Waals surface area (Å²) in [5.74, 6) is 0.396. The number of hydrogen-bond acceptors (Lipinski definition) is 3. The lowest BCUT2D eigenvalue weighted by atomic mass is 9.80. The van der Waals surface area contributed by atoms with E-state index in [1.165, 1.54) is 0 Å². The molecule has 5 nitrogen and oxygen atoms in total. The van der Waals surface area contributed by atoms with Gasteiger partial charge in [-0.25, -0.2) is 4.79 Å². The maximum atomic E-state index is 11.4. The molecule has 17 heavy (non-hydrogen) atoms. The predicted molar refractivity (Wildman–Crippen MR) is 68.1 cm³/mol. The van der Waals surface area contributed by atoms with E-state index >= 15 is 0 Å². The lowest BCUT2D eigenvalue weighted by Gasteiger charge is -2.09. The molecular formula is C11H17BN2O3. The smallest absolute Gasteiger partial charge is 0.423 e. The zero-order valence-corrected chi connectivity index (χ0v) is 9.97. The molecular weight excluding hydrogens is 219 g/mol. The van der Waals surface area contributed by atoms with Gasteiger partial charge in [0.15, 0.2) is 0 Å². The molecule has 6 heteroatoms. The average molecular weight is 236 g/mol. The molecule has 0 radical (unpaired) electrons. The molecule has 0 saturated carbocycles. The maximum Gasteiger partial charge on any atom is 0.488 e. The molecule has 0 aliphatic heterocycles. The fourth-order valence-electron chi connectivity index (χ4n) is 1.21. The Morgan fingerprint density at radius 3 is 2.35 bits per heavy atom. The Morgan fingerprint density at radius 1 is 1.29 bits per heavy atom. The van der Waals surface area contributed by atoms with E-state index in [1.54, 1.807) is 24.3 Å². The Bertz CT molecular complexity index is 365. The molecule has 0 heterocycles. The highest BCUT2D eigenvalue weighted by molar-refractivity contribution is 6.58. The van der Waals surface area contributed by atoms with Gasteiger partial charge in [-0.05, 0) is 23.5 Å². The quantitative estimate of drug-likeness (QED) is 0.561. The van der Waals surface area contributed by atoms with Crippen molar-refractivity contribution in [3.05, 3.63) is 24.3 Å². The Kier molecular flexibility index (Phi) is 4.99. The topological polar surface area (TPSA) is 81.6 Å². The van der Waals surface area contributed by atoms with Crippen molar-refractivity contribution < 1.29 is 14.8 Å². The average Bonchev–Trinajstić information content (AvgIpc) is 2.27. The van der Waals surface area contributed by atoms with E-state index in [1.807, 2.05) is 13.8 Å². The number of amides is 2. The minimum atomic E-state index is -1.49. The standard InChI is InChI=1S/C11H17BN2O3/c1-8(2)7-13-11(15)14-10-5-3-9(4-6-10)12(16)17/h3-6,8,16-17H,7H2,1-2H3,(H2,13,14,15). The van der Waals surface area contributed by atoms with Crippen molar-refractivity contribution >= 4 is 24.3 Å². The predicted octanol–water partition coefficient (Wildman–Crippen LogP) is 0.144. The van der Waals surface area contributed by atoms with Gasteiger partial charge in [0.05, 0.1) is 0 Å². The van der Waals surface area contributed by atoms with E-state index in [0.717, 1.165) is 0 Å². The molecule has 0 fully saturated rings. The third kappa shape index (κ3) is 4.88. The highest BCUT2D eigenvalue weighted by Crippen LogP contribution is 2.03. The molecule has 0 spiro atoms. The summed E-state index contributed by atoms with van der Waals surface area (Å²) in [7, 11) is -1.49. The zero-order valence-electron chi connectivity index (χ0n) is 9.97. The van der Waals surface area contributed by atoms with Crippen LogP contribution >= 0.6 is 0 Å². The number of anilines is 1. The summed E-state index contributed by atoms with van der Waals surface area (Å²) in [6.07, 6.45) is 0. The van der Waals surface area contributed by atoms with Crippen LogP contribution in [-0.4, -0.2) is 29.7 Å². The number of carbonyl (C=O) groups is 1. The molecule has 4 N–H and O–H groups in total. The first kappa shape index (κ1) is 13.5. The molecule has 0 aliphatic carbocycles. The fraction of sp³-hybridized carbons (Fsp3) is 0.364. The van der Waals surface area contributed by atoms with Crippen LogP contribution < -0.4 is 16.1 Å². The van der Waals surface area contributed by atoms with E-state index in [-0.39, 0.29) is 6.03 Å². The molecule has 0 atom stereocenters. The number of carbonyl (C=O) groups excluding carboxylic acids is 1. The van der Waals surface area contributed by atoms with Crippen LogP contribution in [0.1, 0.15) is 13.8 Å². The highest BCUT2D eigenvalue weighted by atomic mass is 16.4. The summed E-state index contributed by atoms with van der Waals surface area (Å²) in [6, 6.07) is 6.05. The minimum Gasteiger partial charge on any atom is -0.423 e. The van der Waals surface area contributed by atoms with Crippen molar-refractivity contribution in [3.63, 3.8) is 0 Å². The van der Waals surface area contributed by atoms with Gasteiger partial charge >= 0.3 is 13.1 Å². The second-order valence-corrected chi connectivity index (χ2v) is 4.22. The van der Waals surface area contributed by atoms with Crippen LogP contribution in [0.15, 0.2) is 24.3 Å². The normalized spacial score (nSPS) is 10.2. The molecule has 0 saturated heterocycles. The summed E-state index contributed by atoms with van der Waals surface area (Å²) in [5, 5.41) is 23.2. The SMILES string of the molecule is CC(C)CNC(=O)Nc1ccc(B(O)O)cc1. The first-order valence-electron chi connectivity index (χ1n) is 5.50. The van der Waals surface area contributed by atoms with E-state index in [2.05, 4.69) is 10.6 Å². The van der Waals surface area contributed by atoms with Crippen molar-refractivity contribution in [1.82, 2.24) is 5.32 Å². The third-order valence-corrected chi connectivity index (χ3v) is 2.14.